The molecule has 0 radical (unpaired) electrons. The van der Waals surface area contributed by atoms with Crippen LogP contribution in [0.25, 0.3) is 0 Å². The number of hydrogen-bond acceptors (Lipinski definition) is 4. The molecule has 1 rings (SSSR count). The minimum atomic E-state index is -0.426. The lowest BCUT2D eigenvalue weighted by Gasteiger charge is -2.33. The van der Waals surface area contributed by atoms with E-state index in [1.807, 2.05) is 27.7 Å². The second-order valence-corrected chi connectivity index (χ2v) is 6.30. The van der Waals surface area contributed by atoms with Gasteiger partial charge in [0.1, 0.15) is 5.60 Å². The summed E-state index contributed by atoms with van der Waals surface area (Å²) < 4.78 is 5.37. The van der Waals surface area contributed by atoms with Crippen molar-refractivity contribution in [2.45, 2.75) is 64.6 Å². The Bertz CT molecular complexity index is 283. The van der Waals surface area contributed by atoms with E-state index in [0.717, 1.165) is 32.4 Å². The van der Waals surface area contributed by atoms with Crippen LogP contribution in [0.2, 0.25) is 0 Å². The summed E-state index contributed by atoms with van der Waals surface area (Å²) in [6.45, 7) is 9.99. The van der Waals surface area contributed by atoms with Crippen molar-refractivity contribution in [3.05, 3.63) is 0 Å². The van der Waals surface area contributed by atoms with Crippen molar-refractivity contribution in [2.75, 3.05) is 19.6 Å². The van der Waals surface area contributed by atoms with Crippen LogP contribution in [0.3, 0.4) is 0 Å². The van der Waals surface area contributed by atoms with Crippen LogP contribution in [0.1, 0.15) is 47.0 Å². The first-order valence-corrected chi connectivity index (χ1v) is 7.28. The van der Waals surface area contributed by atoms with Gasteiger partial charge in [0, 0.05) is 25.2 Å². The predicted molar refractivity (Wildman–Crippen MR) is 77.1 cm³/mol. The van der Waals surface area contributed by atoms with Gasteiger partial charge >= 0.3 is 6.09 Å². The fourth-order valence-electron chi connectivity index (χ4n) is 2.11. The lowest BCUT2D eigenvalue weighted by atomic mass is 9.88. The van der Waals surface area contributed by atoms with Crippen LogP contribution >= 0.6 is 0 Å². The second-order valence-electron chi connectivity index (χ2n) is 6.30. The standard InChI is InChI=1S/C14H29N3O2/c1-5-17(13(18)19-14(2,3)4)8-6-7-16-12-9-11(15)10-12/h11-12,16H,5-10,15H2,1-4H3. The Labute approximate surface area is 116 Å². The lowest BCUT2D eigenvalue weighted by Crippen LogP contribution is -2.49. The average Bonchev–Trinajstić information content (AvgIpc) is 2.23. The Morgan fingerprint density at radius 2 is 2.05 bits per heavy atom. The molecule has 1 aliphatic rings. The van der Waals surface area contributed by atoms with Gasteiger partial charge in [-0.1, -0.05) is 0 Å². The first-order valence-electron chi connectivity index (χ1n) is 7.28. The zero-order chi connectivity index (χ0) is 14.5. The molecule has 3 N–H and O–H groups in total. The van der Waals surface area contributed by atoms with E-state index in [0.29, 0.717) is 18.6 Å². The molecule has 0 aromatic rings. The van der Waals surface area contributed by atoms with Crippen molar-refractivity contribution in [2.24, 2.45) is 5.73 Å². The van der Waals surface area contributed by atoms with Crippen molar-refractivity contribution in [3.8, 4) is 0 Å². The minimum absolute atomic E-state index is 0.222. The molecule has 0 atom stereocenters. The van der Waals surface area contributed by atoms with E-state index < -0.39 is 5.60 Å². The largest absolute Gasteiger partial charge is 0.444 e. The number of ether oxygens (including phenoxy) is 1. The molecule has 0 heterocycles. The fourth-order valence-corrected chi connectivity index (χ4v) is 2.11. The lowest BCUT2D eigenvalue weighted by molar-refractivity contribution is 0.0258. The first-order chi connectivity index (χ1) is 8.81. The minimum Gasteiger partial charge on any atom is -0.444 e. The molecule has 0 saturated heterocycles. The van der Waals surface area contributed by atoms with Gasteiger partial charge in [-0.2, -0.15) is 0 Å². The van der Waals surface area contributed by atoms with E-state index in [1.165, 1.54) is 0 Å². The predicted octanol–water partition coefficient (Wildman–Crippen LogP) is 1.71. The summed E-state index contributed by atoms with van der Waals surface area (Å²) in [6.07, 6.45) is 2.87. The topological polar surface area (TPSA) is 67.6 Å². The highest BCUT2D eigenvalue weighted by Gasteiger charge is 2.25. The molecular formula is C14H29N3O2. The third-order valence-electron chi connectivity index (χ3n) is 3.25. The van der Waals surface area contributed by atoms with E-state index in [4.69, 9.17) is 10.5 Å². The van der Waals surface area contributed by atoms with Crippen LogP contribution in [0.4, 0.5) is 4.79 Å². The van der Waals surface area contributed by atoms with Crippen LogP contribution in [0, 0.1) is 0 Å². The number of nitrogens with one attached hydrogen (secondary N) is 1. The van der Waals surface area contributed by atoms with Crippen LogP contribution in [0.5, 0.6) is 0 Å². The number of hydrogen-bond donors (Lipinski definition) is 2. The normalized spacial score (nSPS) is 22.8. The molecule has 0 spiro atoms. The van der Waals surface area contributed by atoms with Gasteiger partial charge in [-0.05, 0) is 53.5 Å². The van der Waals surface area contributed by atoms with E-state index in [9.17, 15) is 4.79 Å². The van der Waals surface area contributed by atoms with Crippen LogP contribution in [0.15, 0.2) is 0 Å². The van der Waals surface area contributed by atoms with E-state index >= 15 is 0 Å². The summed E-state index contributed by atoms with van der Waals surface area (Å²) in [5, 5.41) is 3.46. The zero-order valence-electron chi connectivity index (χ0n) is 12.7. The van der Waals surface area contributed by atoms with Crippen molar-refractivity contribution in [3.63, 3.8) is 0 Å². The highest BCUT2D eigenvalue weighted by Crippen LogP contribution is 2.17. The summed E-state index contributed by atoms with van der Waals surface area (Å²) in [5.41, 5.74) is 5.31. The quantitative estimate of drug-likeness (QED) is 0.722. The SMILES string of the molecule is CCN(CCCNC1CC(N)C1)C(=O)OC(C)(C)C. The number of carbonyl (C=O) groups is 1. The van der Waals surface area contributed by atoms with E-state index in [-0.39, 0.29) is 6.09 Å². The van der Waals surface area contributed by atoms with Gasteiger partial charge in [-0.3, -0.25) is 0 Å². The van der Waals surface area contributed by atoms with Gasteiger partial charge in [-0.15, -0.1) is 0 Å². The molecule has 112 valence electrons. The Hall–Kier alpha value is -0.810. The third-order valence-corrected chi connectivity index (χ3v) is 3.25. The van der Waals surface area contributed by atoms with Crippen molar-refractivity contribution < 1.29 is 9.53 Å². The summed E-state index contributed by atoms with van der Waals surface area (Å²) in [4.78, 5) is 13.6. The molecule has 0 aromatic heterocycles. The van der Waals surface area contributed by atoms with Crippen molar-refractivity contribution >= 4 is 6.09 Å². The van der Waals surface area contributed by atoms with Gasteiger partial charge in [0.05, 0.1) is 0 Å². The Kier molecular flexibility index (Phi) is 6.07. The monoisotopic (exact) mass is 271 g/mol. The molecule has 1 fully saturated rings. The van der Waals surface area contributed by atoms with Crippen molar-refractivity contribution in [1.29, 1.82) is 0 Å². The molecule has 0 bridgehead atoms. The average molecular weight is 271 g/mol. The molecule has 0 aromatic carbocycles. The number of carbonyl (C=O) groups excluding carboxylic acids is 1. The first kappa shape index (κ1) is 16.2. The summed E-state index contributed by atoms with van der Waals surface area (Å²) >= 11 is 0. The van der Waals surface area contributed by atoms with E-state index in [2.05, 4.69) is 5.32 Å². The van der Waals surface area contributed by atoms with Gasteiger partial charge in [0.15, 0.2) is 0 Å². The van der Waals surface area contributed by atoms with Crippen LogP contribution in [-0.2, 0) is 4.74 Å². The van der Waals surface area contributed by atoms with Gasteiger partial charge < -0.3 is 20.7 Å². The molecule has 1 amide bonds. The third kappa shape index (κ3) is 6.25. The highest BCUT2D eigenvalue weighted by atomic mass is 16.6. The maximum absolute atomic E-state index is 11.9. The number of rotatable bonds is 6. The molecule has 5 nitrogen and oxygen atoms in total. The maximum atomic E-state index is 11.9. The molecular weight excluding hydrogens is 242 g/mol. The molecule has 0 aliphatic heterocycles. The summed E-state index contributed by atoms with van der Waals surface area (Å²) in [6, 6.07) is 0.956. The number of amides is 1. The van der Waals surface area contributed by atoms with Crippen molar-refractivity contribution in [1.82, 2.24) is 10.2 Å². The Balaban J connectivity index is 2.15. The van der Waals surface area contributed by atoms with Crippen LogP contribution in [-0.4, -0.2) is 48.3 Å². The molecule has 0 unspecified atom stereocenters. The smallest absolute Gasteiger partial charge is 0.410 e. The molecule has 1 aliphatic carbocycles. The Morgan fingerprint density at radius 3 is 2.53 bits per heavy atom. The molecule has 19 heavy (non-hydrogen) atoms. The summed E-state index contributed by atoms with van der Waals surface area (Å²) in [7, 11) is 0. The second kappa shape index (κ2) is 7.10. The molecule has 1 saturated carbocycles. The summed E-state index contributed by atoms with van der Waals surface area (Å²) in [5.74, 6) is 0. The van der Waals surface area contributed by atoms with Gasteiger partial charge in [0.25, 0.3) is 0 Å². The molecule has 5 heteroatoms. The van der Waals surface area contributed by atoms with Gasteiger partial charge in [-0.25, -0.2) is 4.79 Å². The Morgan fingerprint density at radius 1 is 1.42 bits per heavy atom. The number of nitrogens with two attached hydrogens (primary N) is 1. The fraction of sp³-hybridized carbons (Fsp3) is 0.929. The van der Waals surface area contributed by atoms with E-state index in [1.54, 1.807) is 4.90 Å². The number of nitrogens with zero attached hydrogens (tertiary/aromatic N) is 1. The van der Waals surface area contributed by atoms with Gasteiger partial charge in [0.2, 0.25) is 0 Å². The maximum Gasteiger partial charge on any atom is 0.410 e. The highest BCUT2D eigenvalue weighted by molar-refractivity contribution is 5.68. The zero-order valence-corrected chi connectivity index (χ0v) is 12.7. The van der Waals surface area contributed by atoms with Crippen LogP contribution < -0.4 is 11.1 Å².